The Hall–Kier alpha value is 0.130. The van der Waals surface area contributed by atoms with Crippen molar-refractivity contribution in [1.29, 1.82) is 0 Å². The van der Waals surface area contributed by atoms with Gasteiger partial charge in [-0.25, -0.2) is 0 Å². The molecule has 0 aromatic rings. The lowest BCUT2D eigenvalue weighted by molar-refractivity contribution is 0.0149. The molecule has 0 saturated heterocycles. The second-order valence-corrected chi connectivity index (χ2v) is 3.71. The van der Waals surface area contributed by atoms with Gasteiger partial charge in [-0.3, -0.25) is 0 Å². The second-order valence-electron chi connectivity index (χ2n) is 3.33. The average molecular weight is 240 g/mol. The molecule has 0 bridgehead atoms. The van der Waals surface area contributed by atoms with E-state index in [0.717, 1.165) is 13.2 Å². The van der Waals surface area contributed by atoms with Gasteiger partial charge in [-0.05, 0) is 14.1 Å². The van der Waals surface area contributed by atoms with E-state index in [4.69, 9.17) is 25.8 Å². The summed E-state index contributed by atoms with van der Waals surface area (Å²) < 4.78 is 15.8. The number of alkyl halides is 1. The third kappa shape index (κ3) is 14.1. The first kappa shape index (κ1) is 15.1. The maximum absolute atomic E-state index is 5.43. The van der Waals surface area contributed by atoms with Gasteiger partial charge in [0.2, 0.25) is 0 Å². The third-order valence-corrected chi connectivity index (χ3v) is 1.80. The second kappa shape index (κ2) is 12.2. The van der Waals surface area contributed by atoms with Gasteiger partial charge >= 0.3 is 0 Å². The topological polar surface area (TPSA) is 30.9 Å². The van der Waals surface area contributed by atoms with E-state index >= 15 is 0 Å². The minimum Gasteiger partial charge on any atom is -0.378 e. The molecule has 0 N–H and O–H groups in total. The zero-order valence-corrected chi connectivity index (χ0v) is 10.5. The fourth-order valence-corrected chi connectivity index (χ4v) is 0.953. The van der Waals surface area contributed by atoms with Crippen molar-refractivity contribution in [2.45, 2.75) is 0 Å². The van der Waals surface area contributed by atoms with E-state index in [1.807, 2.05) is 14.1 Å². The van der Waals surface area contributed by atoms with Gasteiger partial charge in [0.15, 0.2) is 0 Å². The fourth-order valence-electron chi connectivity index (χ4n) is 0.844. The molecule has 0 rings (SSSR count). The number of hydrogen-bond donors (Lipinski definition) is 0. The summed E-state index contributed by atoms with van der Waals surface area (Å²) in [6.45, 7) is 4.75. The number of likely N-dealkylation sites (N-methyl/N-ethyl adjacent to an activating group) is 1. The summed E-state index contributed by atoms with van der Waals surface area (Å²) in [6, 6.07) is 0. The smallest absolute Gasteiger partial charge is 0.0701 e. The summed E-state index contributed by atoms with van der Waals surface area (Å²) in [5.74, 6) is 0.535. The van der Waals surface area contributed by atoms with Crippen LogP contribution in [0.25, 0.3) is 0 Å². The standard InChI is InChI=1S/C10H22ClNO3/c1-12(2)4-6-14-8-10-15-9-7-13-5-3-11/h3-10H2,1-2H3. The van der Waals surface area contributed by atoms with Crippen molar-refractivity contribution in [3.05, 3.63) is 0 Å². The molecule has 0 aliphatic carbocycles. The molecule has 0 atom stereocenters. The molecule has 0 aromatic heterocycles. The minimum atomic E-state index is 0.535. The van der Waals surface area contributed by atoms with Crippen LogP contribution in [0.4, 0.5) is 0 Å². The van der Waals surface area contributed by atoms with E-state index in [1.165, 1.54) is 0 Å². The zero-order chi connectivity index (χ0) is 11.4. The quantitative estimate of drug-likeness (QED) is 0.395. The van der Waals surface area contributed by atoms with Crippen LogP contribution < -0.4 is 0 Å². The monoisotopic (exact) mass is 239 g/mol. The number of rotatable bonds is 11. The Kier molecular flexibility index (Phi) is 12.3. The Balaban J connectivity index is 2.87. The van der Waals surface area contributed by atoms with Crippen molar-refractivity contribution in [2.24, 2.45) is 0 Å². The Morgan fingerprint density at radius 2 is 1.27 bits per heavy atom. The largest absolute Gasteiger partial charge is 0.378 e. The van der Waals surface area contributed by atoms with Crippen LogP contribution in [0, 0.1) is 0 Å². The van der Waals surface area contributed by atoms with Crippen LogP contribution in [0.1, 0.15) is 0 Å². The van der Waals surface area contributed by atoms with Gasteiger partial charge in [-0.15, -0.1) is 11.6 Å². The van der Waals surface area contributed by atoms with Crippen LogP contribution in [0.3, 0.4) is 0 Å². The zero-order valence-electron chi connectivity index (χ0n) is 9.71. The first-order valence-electron chi connectivity index (χ1n) is 5.21. The SMILES string of the molecule is CN(C)CCOCCOCCOCCCl. The summed E-state index contributed by atoms with van der Waals surface area (Å²) in [5.41, 5.74) is 0. The lowest BCUT2D eigenvalue weighted by atomic mass is 10.6. The molecule has 5 heteroatoms. The van der Waals surface area contributed by atoms with Crippen LogP contribution >= 0.6 is 11.6 Å². The molecule has 92 valence electrons. The molecule has 0 amide bonds. The molecule has 0 aliphatic rings. The highest BCUT2D eigenvalue weighted by molar-refractivity contribution is 6.17. The predicted molar refractivity (Wildman–Crippen MR) is 61.7 cm³/mol. The molecular formula is C10H22ClNO3. The fraction of sp³-hybridized carbons (Fsp3) is 1.00. The number of hydrogen-bond acceptors (Lipinski definition) is 4. The number of halogens is 1. The van der Waals surface area contributed by atoms with Crippen molar-refractivity contribution in [2.75, 3.05) is 66.2 Å². The Morgan fingerprint density at radius 1 is 0.800 bits per heavy atom. The first-order chi connectivity index (χ1) is 7.27. The van der Waals surface area contributed by atoms with E-state index in [1.54, 1.807) is 0 Å². The molecule has 4 nitrogen and oxygen atoms in total. The molecule has 0 aliphatic heterocycles. The maximum atomic E-state index is 5.43. The first-order valence-corrected chi connectivity index (χ1v) is 5.74. The molecule has 0 spiro atoms. The van der Waals surface area contributed by atoms with Crippen LogP contribution in [-0.2, 0) is 14.2 Å². The molecule has 0 heterocycles. The van der Waals surface area contributed by atoms with Gasteiger partial charge in [0.05, 0.1) is 39.6 Å². The van der Waals surface area contributed by atoms with Crippen molar-refractivity contribution in [1.82, 2.24) is 4.90 Å². The predicted octanol–water partition coefficient (Wildman–Crippen LogP) is 0.837. The van der Waals surface area contributed by atoms with Crippen LogP contribution in [-0.4, -0.2) is 71.1 Å². The van der Waals surface area contributed by atoms with E-state index in [-0.39, 0.29) is 0 Å². The highest BCUT2D eigenvalue weighted by Crippen LogP contribution is 1.83. The van der Waals surface area contributed by atoms with Gasteiger partial charge in [0, 0.05) is 12.4 Å². The summed E-state index contributed by atoms with van der Waals surface area (Å²) in [6.07, 6.45) is 0. The highest BCUT2D eigenvalue weighted by atomic mass is 35.5. The van der Waals surface area contributed by atoms with Crippen molar-refractivity contribution in [3.63, 3.8) is 0 Å². The summed E-state index contributed by atoms with van der Waals surface area (Å²) in [4.78, 5) is 2.08. The Morgan fingerprint density at radius 3 is 1.73 bits per heavy atom. The van der Waals surface area contributed by atoms with Crippen LogP contribution in [0.2, 0.25) is 0 Å². The summed E-state index contributed by atoms with van der Waals surface area (Å²) in [5, 5.41) is 0. The summed E-state index contributed by atoms with van der Waals surface area (Å²) >= 11 is 5.43. The van der Waals surface area contributed by atoms with E-state index in [9.17, 15) is 0 Å². The lowest BCUT2D eigenvalue weighted by Crippen LogP contribution is -2.19. The van der Waals surface area contributed by atoms with Gasteiger partial charge in [0.1, 0.15) is 0 Å². The Bertz CT molecular complexity index is 125. The van der Waals surface area contributed by atoms with Crippen molar-refractivity contribution < 1.29 is 14.2 Å². The Labute approximate surface area is 97.4 Å². The maximum Gasteiger partial charge on any atom is 0.0701 e. The number of ether oxygens (including phenoxy) is 3. The third-order valence-electron chi connectivity index (χ3n) is 1.65. The van der Waals surface area contributed by atoms with E-state index in [0.29, 0.717) is 38.9 Å². The van der Waals surface area contributed by atoms with Gasteiger partial charge in [0.25, 0.3) is 0 Å². The molecule has 0 radical (unpaired) electrons. The van der Waals surface area contributed by atoms with Crippen molar-refractivity contribution in [3.8, 4) is 0 Å². The molecular weight excluding hydrogens is 218 g/mol. The average Bonchev–Trinajstić information content (AvgIpc) is 2.20. The van der Waals surface area contributed by atoms with Crippen LogP contribution in [0.15, 0.2) is 0 Å². The molecule has 0 saturated carbocycles. The van der Waals surface area contributed by atoms with Crippen LogP contribution in [0.5, 0.6) is 0 Å². The molecule has 0 aromatic carbocycles. The van der Waals surface area contributed by atoms with Gasteiger partial charge < -0.3 is 19.1 Å². The number of nitrogens with zero attached hydrogens (tertiary/aromatic N) is 1. The van der Waals surface area contributed by atoms with Gasteiger partial charge in [-0.2, -0.15) is 0 Å². The van der Waals surface area contributed by atoms with E-state index < -0.39 is 0 Å². The lowest BCUT2D eigenvalue weighted by Gasteiger charge is -2.10. The van der Waals surface area contributed by atoms with E-state index in [2.05, 4.69) is 4.90 Å². The van der Waals surface area contributed by atoms with Gasteiger partial charge in [-0.1, -0.05) is 0 Å². The summed E-state index contributed by atoms with van der Waals surface area (Å²) in [7, 11) is 4.04. The molecule has 0 fully saturated rings. The highest BCUT2D eigenvalue weighted by Gasteiger charge is 1.92. The minimum absolute atomic E-state index is 0.535. The molecule has 15 heavy (non-hydrogen) atoms. The van der Waals surface area contributed by atoms with Crippen molar-refractivity contribution >= 4 is 11.6 Å². The molecule has 0 unspecified atom stereocenters. The normalized spacial score (nSPS) is 11.2.